The SMILES string of the molecule is C[C@H]1C[C@@H](I)C2CCC=C21. The van der Waals surface area contributed by atoms with Crippen LogP contribution in [0.15, 0.2) is 11.6 Å². The summed E-state index contributed by atoms with van der Waals surface area (Å²) < 4.78 is 0.946. The topological polar surface area (TPSA) is 0 Å². The fraction of sp³-hybridized carbons (Fsp3) is 0.778. The summed E-state index contributed by atoms with van der Waals surface area (Å²) >= 11 is 2.62. The fourth-order valence-electron chi connectivity index (χ4n) is 2.34. The number of allylic oxidation sites excluding steroid dienone is 2. The highest BCUT2D eigenvalue weighted by atomic mass is 127. The van der Waals surface area contributed by atoms with Crippen molar-refractivity contribution in [2.24, 2.45) is 11.8 Å². The average Bonchev–Trinajstić information content (AvgIpc) is 2.39. The van der Waals surface area contributed by atoms with Crippen molar-refractivity contribution in [2.45, 2.75) is 30.1 Å². The van der Waals surface area contributed by atoms with E-state index in [4.69, 9.17) is 0 Å². The third kappa shape index (κ3) is 0.936. The Hall–Kier alpha value is 0.470. The van der Waals surface area contributed by atoms with Crippen molar-refractivity contribution in [1.29, 1.82) is 0 Å². The standard InChI is InChI=1S/C9H13I/c1-6-5-9(10)8-4-2-3-7(6)8/h3,6,8-9H,2,4-5H2,1H3/t6-,8?,9+/m0/s1. The van der Waals surface area contributed by atoms with Gasteiger partial charge in [0, 0.05) is 3.92 Å². The zero-order chi connectivity index (χ0) is 7.14. The molecule has 0 aromatic carbocycles. The van der Waals surface area contributed by atoms with Gasteiger partial charge in [0.15, 0.2) is 0 Å². The van der Waals surface area contributed by atoms with Gasteiger partial charge in [0.05, 0.1) is 0 Å². The molecule has 1 unspecified atom stereocenters. The predicted molar refractivity (Wildman–Crippen MR) is 52.4 cm³/mol. The maximum absolute atomic E-state index is 2.62. The lowest BCUT2D eigenvalue weighted by molar-refractivity contribution is 0.639. The van der Waals surface area contributed by atoms with Crippen LogP contribution in [0.25, 0.3) is 0 Å². The third-order valence-electron chi connectivity index (χ3n) is 2.87. The van der Waals surface area contributed by atoms with Crippen LogP contribution >= 0.6 is 22.6 Å². The molecule has 0 aliphatic heterocycles. The number of fused-ring (bicyclic) bond motifs is 1. The summed E-state index contributed by atoms with van der Waals surface area (Å²) in [5.41, 5.74) is 1.78. The summed E-state index contributed by atoms with van der Waals surface area (Å²) in [5.74, 6) is 1.87. The first kappa shape index (κ1) is 7.14. The number of hydrogen-bond acceptors (Lipinski definition) is 0. The van der Waals surface area contributed by atoms with Gasteiger partial charge in [-0.15, -0.1) is 0 Å². The van der Waals surface area contributed by atoms with Crippen molar-refractivity contribution in [3.63, 3.8) is 0 Å². The minimum Gasteiger partial charge on any atom is -0.0847 e. The molecule has 2 rings (SSSR count). The molecule has 3 atom stereocenters. The first-order valence-corrected chi connectivity index (χ1v) is 5.37. The van der Waals surface area contributed by atoms with Gasteiger partial charge in [0.1, 0.15) is 0 Å². The van der Waals surface area contributed by atoms with E-state index in [1.807, 2.05) is 0 Å². The van der Waals surface area contributed by atoms with Crippen LogP contribution in [0.2, 0.25) is 0 Å². The van der Waals surface area contributed by atoms with E-state index >= 15 is 0 Å². The molecule has 1 fully saturated rings. The minimum absolute atomic E-state index is 0.898. The first-order valence-electron chi connectivity index (χ1n) is 4.13. The Labute approximate surface area is 76.2 Å². The molecule has 0 aromatic rings. The third-order valence-corrected chi connectivity index (χ3v) is 4.25. The minimum atomic E-state index is 0.898. The second-order valence-corrected chi connectivity index (χ2v) is 5.14. The molecule has 0 aromatic heterocycles. The van der Waals surface area contributed by atoms with Gasteiger partial charge < -0.3 is 0 Å². The van der Waals surface area contributed by atoms with Crippen LogP contribution in [-0.2, 0) is 0 Å². The molecular weight excluding hydrogens is 235 g/mol. The first-order chi connectivity index (χ1) is 4.79. The molecule has 10 heavy (non-hydrogen) atoms. The van der Waals surface area contributed by atoms with Gasteiger partial charge in [-0.25, -0.2) is 0 Å². The molecule has 1 saturated carbocycles. The van der Waals surface area contributed by atoms with Crippen LogP contribution in [0.5, 0.6) is 0 Å². The maximum atomic E-state index is 2.62. The van der Waals surface area contributed by atoms with Gasteiger partial charge in [0.2, 0.25) is 0 Å². The Kier molecular flexibility index (Phi) is 1.79. The molecule has 2 aliphatic rings. The van der Waals surface area contributed by atoms with Crippen molar-refractivity contribution < 1.29 is 0 Å². The lowest BCUT2D eigenvalue weighted by Gasteiger charge is -2.08. The number of hydrogen-bond donors (Lipinski definition) is 0. The van der Waals surface area contributed by atoms with Gasteiger partial charge in [-0.1, -0.05) is 41.2 Å². The van der Waals surface area contributed by atoms with E-state index < -0.39 is 0 Å². The molecule has 56 valence electrons. The van der Waals surface area contributed by atoms with Gasteiger partial charge >= 0.3 is 0 Å². The van der Waals surface area contributed by atoms with E-state index in [1.54, 1.807) is 5.57 Å². The van der Waals surface area contributed by atoms with Gasteiger partial charge in [0.25, 0.3) is 0 Å². The predicted octanol–water partition coefficient (Wildman–Crippen LogP) is 3.17. The second kappa shape index (κ2) is 2.50. The zero-order valence-corrected chi connectivity index (χ0v) is 8.47. The van der Waals surface area contributed by atoms with Crippen LogP contribution in [0.1, 0.15) is 26.2 Å². The molecule has 1 heteroatoms. The summed E-state index contributed by atoms with van der Waals surface area (Å²) in [7, 11) is 0. The van der Waals surface area contributed by atoms with Crippen molar-refractivity contribution in [2.75, 3.05) is 0 Å². The summed E-state index contributed by atoms with van der Waals surface area (Å²) in [6.45, 7) is 2.38. The van der Waals surface area contributed by atoms with E-state index in [0.717, 1.165) is 15.8 Å². The van der Waals surface area contributed by atoms with E-state index in [-0.39, 0.29) is 0 Å². The summed E-state index contributed by atoms with van der Waals surface area (Å²) in [6.07, 6.45) is 6.70. The van der Waals surface area contributed by atoms with Crippen LogP contribution < -0.4 is 0 Å². The average molecular weight is 248 g/mol. The molecule has 2 aliphatic carbocycles. The van der Waals surface area contributed by atoms with Crippen LogP contribution in [0, 0.1) is 11.8 Å². The molecular formula is C9H13I. The fourth-order valence-corrected chi connectivity index (χ4v) is 3.88. The Balaban J connectivity index is 2.24. The lowest BCUT2D eigenvalue weighted by atomic mass is 10.0. The van der Waals surface area contributed by atoms with Gasteiger partial charge in [-0.2, -0.15) is 0 Å². The molecule has 0 N–H and O–H groups in total. The Morgan fingerprint density at radius 2 is 2.40 bits per heavy atom. The molecule has 0 saturated heterocycles. The molecule has 0 bridgehead atoms. The Morgan fingerprint density at radius 3 is 3.10 bits per heavy atom. The van der Waals surface area contributed by atoms with E-state index in [0.29, 0.717) is 0 Å². The summed E-state index contributed by atoms with van der Waals surface area (Å²) in [4.78, 5) is 0. The molecule has 0 spiro atoms. The van der Waals surface area contributed by atoms with E-state index in [9.17, 15) is 0 Å². The van der Waals surface area contributed by atoms with Crippen molar-refractivity contribution in [1.82, 2.24) is 0 Å². The van der Waals surface area contributed by atoms with Crippen molar-refractivity contribution >= 4 is 22.6 Å². The highest BCUT2D eigenvalue weighted by Crippen LogP contribution is 2.46. The van der Waals surface area contributed by atoms with Crippen LogP contribution in [-0.4, -0.2) is 3.92 Å². The van der Waals surface area contributed by atoms with Gasteiger partial charge in [-0.05, 0) is 31.1 Å². The second-order valence-electron chi connectivity index (χ2n) is 3.54. The normalized spacial score (nSPS) is 45.4. The molecule has 0 heterocycles. The van der Waals surface area contributed by atoms with Crippen LogP contribution in [0.4, 0.5) is 0 Å². The molecule has 0 nitrogen and oxygen atoms in total. The van der Waals surface area contributed by atoms with Crippen molar-refractivity contribution in [3.05, 3.63) is 11.6 Å². The highest BCUT2D eigenvalue weighted by Gasteiger charge is 2.36. The van der Waals surface area contributed by atoms with Crippen molar-refractivity contribution in [3.8, 4) is 0 Å². The van der Waals surface area contributed by atoms with Gasteiger partial charge in [-0.3, -0.25) is 0 Å². The summed E-state index contributed by atoms with van der Waals surface area (Å²) in [5, 5.41) is 0. The zero-order valence-electron chi connectivity index (χ0n) is 6.31. The summed E-state index contributed by atoms with van der Waals surface area (Å²) in [6, 6.07) is 0. The maximum Gasteiger partial charge on any atom is 0.0181 e. The largest absolute Gasteiger partial charge is 0.0847 e. The van der Waals surface area contributed by atoms with Crippen LogP contribution in [0.3, 0.4) is 0 Å². The Morgan fingerprint density at radius 1 is 1.60 bits per heavy atom. The van der Waals surface area contributed by atoms with E-state index in [2.05, 4.69) is 35.6 Å². The number of rotatable bonds is 0. The smallest absolute Gasteiger partial charge is 0.0181 e. The molecule has 0 amide bonds. The number of alkyl halides is 1. The lowest BCUT2D eigenvalue weighted by Crippen LogP contribution is -2.03. The Bertz CT molecular complexity index is 172. The monoisotopic (exact) mass is 248 g/mol. The number of halogens is 1. The quantitative estimate of drug-likeness (QED) is 0.351. The molecule has 0 radical (unpaired) electrons. The highest BCUT2D eigenvalue weighted by molar-refractivity contribution is 14.1. The van der Waals surface area contributed by atoms with E-state index in [1.165, 1.54) is 19.3 Å².